The zero-order chi connectivity index (χ0) is 19.5. The fraction of sp³-hybridized carbons (Fsp3) is 0.222. The molecule has 1 aliphatic heterocycles. The van der Waals surface area contributed by atoms with E-state index in [0.717, 1.165) is 5.56 Å². The van der Waals surface area contributed by atoms with Crippen molar-refractivity contribution < 1.29 is 14.3 Å². The van der Waals surface area contributed by atoms with Gasteiger partial charge in [0, 0.05) is 19.4 Å². The van der Waals surface area contributed by atoms with Crippen LogP contribution in [0.2, 0.25) is 0 Å². The number of nitrogens with zero attached hydrogens (tertiary/aromatic N) is 6. The van der Waals surface area contributed by atoms with Crippen LogP contribution in [0.25, 0.3) is 0 Å². The minimum atomic E-state index is -0.896. The van der Waals surface area contributed by atoms with Crippen molar-refractivity contribution in [3.8, 4) is 5.88 Å². The molecule has 0 unspecified atom stereocenters. The number of ether oxygens (including phenoxy) is 1. The number of anilines is 1. The zero-order valence-electron chi connectivity index (χ0n) is 15.0. The number of nitrogens with one attached hydrogen (secondary N) is 1. The number of likely N-dealkylation sites (N-methyl/N-ethyl adjacent to an activating group) is 1. The fourth-order valence-corrected chi connectivity index (χ4v) is 2.81. The highest BCUT2D eigenvalue weighted by Crippen LogP contribution is 2.24. The van der Waals surface area contributed by atoms with E-state index in [4.69, 9.17) is 4.74 Å². The Balaban J connectivity index is 1.45. The Bertz CT molecular complexity index is 1010. The number of aromatic nitrogens is 5. The van der Waals surface area contributed by atoms with Gasteiger partial charge < -0.3 is 10.1 Å². The lowest BCUT2D eigenvalue weighted by Crippen LogP contribution is -2.49. The maximum atomic E-state index is 12.6. The molecule has 3 aromatic rings. The van der Waals surface area contributed by atoms with E-state index in [-0.39, 0.29) is 24.1 Å². The lowest BCUT2D eigenvalue weighted by molar-refractivity contribution is -0.120. The zero-order valence-corrected chi connectivity index (χ0v) is 15.0. The maximum Gasteiger partial charge on any atom is 0.274 e. The van der Waals surface area contributed by atoms with E-state index in [2.05, 4.69) is 25.6 Å². The van der Waals surface area contributed by atoms with E-state index in [9.17, 15) is 9.59 Å². The molecule has 0 spiro atoms. The third-order valence-corrected chi connectivity index (χ3v) is 4.24. The number of carbonyl (C=O) groups is 2. The first-order valence-corrected chi connectivity index (χ1v) is 8.58. The highest BCUT2D eigenvalue weighted by atomic mass is 16.5. The molecule has 0 saturated carbocycles. The Labute approximate surface area is 160 Å². The SMILES string of the molecule is CN1C(=O)[C@@H](NC(=O)c2cn(Cc3ccccc3)nn2)COc2nccnc21. The van der Waals surface area contributed by atoms with Crippen LogP contribution < -0.4 is 15.0 Å². The van der Waals surface area contributed by atoms with Crippen LogP contribution in [0.1, 0.15) is 16.1 Å². The Hall–Kier alpha value is -3.82. The lowest BCUT2D eigenvalue weighted by atomic mass is 10.2. The first-order valence-electron chi connectivity index (χ1n) is 8.58. The van der Waals surface area contributed by atoms with Crippen LogP contribution in [0.5, 0.6) is 5.88 Å². The Kier molecular flexibility index (Phi) is 4.67. The highest BCUT2D eigenvalue weighted by molar-refractivity contribution is 6.01. The van der Waals surface area contributed by atoms with Crippen LogP contribution in [0, 0.1) is 0 Å². The number of hydrogen-bond acceptors (Lipinski definition) is 7. The predicted octanol–water partition coefficient (Wildman–Crippen LogP) is 0.270. The van der Waals surface area contributed by atoms with Gasteiger partial charge >= 0.3 is 0 Å². The van der Waals surface area contributed by atoms with Gasteiger partial charge in [0.2, 0.25) is 0 Å². The molecule has 0 aliphatic carbocycles. The number of fused-ring (bicyclic) bond motifs is 1. The standard InChI is InChI=1S/C18H17N7O3/c1-24-15-17(20-8-7-19-15)28-11-14(18(24)27)21-16(26)13-10-25(23-22-13)9-12-5-3-2-4-6-12/h2-8,10,14H,9,11H2,1H3,(H,21,26)/t14-/m0/s1. The number of carbonyl (C=O) groups excluding carboxylic acids is 2. The van der Waals surface area contributed by atoms with Crippen LogP contribution in [0.15, 0.2) is 48.9 Å². The monoisotopic (exact) mass is 379 g/mol. The second-order valence-corrected chi connectivity index (χ2v) is 6.21. The molecule has 4 rings (SSSR count). The van der Waals surface area contributed by atoms with E-state index in [1.54, 1.807) is 11.7 Å². The van der Waals surface area contributed by atoms with Gasteiger partial charge in [0.1, 0.15) is 12.6 Å². The molecule has 1 N–H and O–H groups in total. The van der Waals surface area contributed by atoms with E-state index in [1.807, 2.05) is 30.3 Å². The quantitative estimate of drug-likeness (QED) is 0.692. The lowest BCUT2D eigenvalue weighted by Gasteiger charge is -2.18. The first-order chi connectivity index (χ1) is 13.6. The third kappa shape index (κ3) is 3.52. The van der Waals surface area contributed by atoms with E-state index in [1.165, 1.54) is 23.5 Å². The van der Waals surface area contributed by atoms with Gasteiger partial charge in [-0.15, -0.1) is 5.10 Å². The molecule has 10 nitrogen and oxygen atoms in total. The van der Waals surface area contributed by atoms with Crippen molar-refractivity contribution in [2.45, 2.75) is 12.6 Å². The van der Waals surface area contributed by atoms with E-state index < -0.39 is 11.9 Å². The van der Waals surface area contributed by atoms with Gasteiger partial charge in [-0.25, -0.2) is 14.6 Å². The van der Waals surface area contributed by atoms with Crippen molar-refractivity contribution in [3.63, 3.8) is 0 Å². The summed E-state index contributed by atoms with van der Waals surface area (Å²) in [6.45, 7) is 0.431. The van der Waals surface area contributed by atoms with E-state index in [0.29, 0.717) is 12.4 Å². The molecule has 2 amide bonds. The summed E-state index contributed by atoms with van der Waals surface area (Å²) in [5.74, 6) is -0.326. The van der Waals surface area contributed by atoms with Gasteiger partial charge in [0.15, 0.2) is 11.5 Å². The molecule has 2 aromatic heterocycles. The molecule has 0 fully saturated rings. The van der Waals surface area contributed by atoms with Crippen LogP contribution >= 0.6 is 0 Å². The molecule has 3 heterocycles. The number of amides is 2. The van der Waals surface area contributed by atoms with Crippen molar-refractivity contribution in [1.29, 1.82) is 0 Å². The van der Waals surface area contributed by atoms with Crippen molar-refractivity contribution in [3.05, 3.63) is 60.2 Å². The molecule has 0 bridgehead atoms. The molecule has 142 valence electrons. The minimum Gasteiger partial charge on any atom is -0.472 e. The Morgan fingerprint density at radius 1 is 1.25 bits per heavy atom. The van der Waals surface area contributed by atoms with Crippen LogP contribution in [-0.2, 0) is 11.3 Å². The fourth-order valence-electron chi connectivity index (χ4n) is 2.81. The van der Waals surface area contributed by atoms with Crippen molar-refractivity contribution in [2.24, 2.45) is 0 Å². The van der Waals surface area contributed by atoms with Gasteiger partial charge in [-0.2, -0.15) is 0 Å². The molecule has 28 heavy (non-hydrogen) atoms. The average molecular weight is 379 g/mol. The highest BCUT2D eigenvalue weighted by Gasteiger charge is 2.32. The third-order valence-electron chi connectivity index (χ3n) is 4.24. The normalized spacial score (nSPS) is 16.1. The summed E-state index contributed by atoms with van der Waals surface area (Å²) in [5.41, 5.74) is 1.15. The summed E-state index contributed by atoms with van der Waals surface area (Å²) in [7, 11) is 1.56. The number of hydrogen-bond donors (Lipinski definition) is 1. The second kappa shape index (κ2) is 7.43. The van der Waals surface area contributed by atoms with Crippen LogP contribution in [-0.4, -0.2) is 56.5 Å². The van der Waals surface area contributed by atoms with E-state index >= 15 is 0 Å². The van der Waals surface area contributed by atoms with Gasteiger partial charge in [-0.05, 0) is 5.56 Å². The molecule has 0 radical (unpaired) electrons. The van der Waals surface area contributed by atoms with Crippen LogP contribution in [0.3, 0.4) is 0 Å². The topological polar surface area (TPSA) is 115 Å². The van der Waals surface area contributed by atoms with Gasteiger partial charge in [-0.1, -0.05) is 35.5 Å². The Morgan fingerprint density at radius 3 is 2.86 bits per heavy atom. The molecular formula is C18H17N7O3. The largest absolute Gasteiger partial charge is 0.472 e. The summed E-state index contributed by atoms with van der Waals surface area (Å²) in [5, 5.41) is 10.5. The molecule has 1 aromatic carbocycles. The average Bonchev–Trinajstić information content (AvgIpc) is 3.15. The van der Waals surface area contributed by atoms with Crippen LogP contribution in [0.4, 0.5) is 5.82 Å². The minimum absolute atomic E-state index is 0.0568. The van der Waals surface area contributed by atoms with Gasteiger partial charge in [0.25, 0.3) is 17.7 Å². The summed E-state index contributed by atoms with van der Waals surface area (Å²) in [6.07, 6.45) is 4.48. The summed E-state index contributed by atoms with van der Waals surface area (Å²) >= 11 is 0. The van der Waals surface area contributed by atoms with Gasteiger partial charge in [0.05, 0.1) is 12.7 Å². The van der Waals surface area contributed by atoms with Gasteiger partial charge in [-0.3, -0.25) is 14.5 Å². The predicted molar refractivity (Wildman–Crippen MR) is 97.8 cm³/mol. The molecule has 1 atom stereocenters. The molecule has 1 aliphatic rings. The summed E-state index contributed by atoms with van der Waals surface area (Å²) in [6, 6.07) is 8.80. The molecule has 10 heteroatoms. The summed E-state index contributed by atoms with van der Waals surface area (Å²) < 4.78 is 7.09. The van der Waals surface area contributed by atoms with Crippen molar-refractivity contribution in [1.82, 2.24) is 30.3 Å². The van der Waals surface area contributed by atoms with Crippen molar-refractivity contribution >= 4 is 17.6 Å². The Morgan fingerprint density at radius 2 is 2.04 bits per heavy atom. The summed E-state index contributed by atoms with van der Waals surface area (Å²) in [4.78, 5) is 34.7. The molecule has 0 saturated heterocycles. The number of benzene rings is 1. The maximum absolute atomic E-state index is 12.6. The second-order valence-electron chi connectivity index (χ2n) is 6.21. The molecular weight excluding hydrogens is 362 g/mol. The van der Waals surface area contributed by atoms with Crippen molar-refractivity contribution in [2.75, 3.05) is 18.6 Å². The smallest absolute Gasteiger partial charge is 0.274 e. The number of rotatable bonds is 4. The first kappa shape index (κ1) is 17.6.